The largest absolute Gasteiger partial charge is 0.326 e. The Labute approximate surface area is 180 Å². The molecular weight excluding hydrogens is 400 g/mol. The van der Waals surface area contributed by atoms with Crippen molar-refractivity contribution in [3.63, 3.8) is 0 Å². The Morgan fingerprint density at radius 2 is 1.97 bits per heavy atom. The lowest BCUT2D eigenvalue weighted by Crippen LogP contribution is -2.24. The molecule has 1 aromatic heterocycles. The number of carbonyl (C=O) groups is 2. The number of hydrogen-bond acceptors (Lipinski definition) is 3. The fraction of sp³-hybridized carbons (Fsp3) is 0.261. The monoisotopic (exact) mass is 422 g/mol. The SMILES string of the molecule is CCc1ccccc1NC(=O)CC1C(=O)Nc2c(-c3cccc(Cl)c3)c(CC)nn21. The van der Waals surface area contributed by atoms with Gasteiger partial charge >= 0.3 is 0 Å². The number of fused-ring (bicyclic) bond motifs is 1. The number of amides is 2. The number of halogens is 1. The number of para-hydroxylation sites is 1. The van der Waals surface area contributed by atoms with Crippen molar-refractivity contribution in [1.29, 1.82) is 0 Å². The smallest absolute Gasteiger partial charge is 0.251 e. The van der Waals surface area contributed by atoms with Crippen molar-refractivity contribution in [2.75, 3.05) is 10.6 Å². The predicted molar refractivity (Wildman–Crippen MR) is 119 cm³/mol. The van der Waals surface area contributed by atoms with Gasteiger partial charge in [-0.2, -0.15) is 5.10 Å². The molecule has 2 heterocycles. The van der Waals surface area contributed by atoms with E-state index in [9.17, 15) is 9.59 Å². The number of aryl methyl sites for hydroxylation is 2. The molecular formula is C23H23ClN4O2. The van der Waals surface area contributed by atoms with Gasteiger partial charge in [0.2, 0.25) is 5.91 Å². The highest BCUT2D eigenvalue weighted by Gasteiger charge is 2.36. The Morgan fingerprint density at radius 3 is 2.70 bits per heavy atom. The topological polar surface area (TPSA) is 76.0 Å². The molecule has 0 saturated carbocycles. The molecule has 6 nitrogen and oxygen atoms in total. The van der Waals surface area contributed by atoms with Crippen LogP contribution in [-0.4, -0.2) is 21.6 Å². The van der Waals surface area contributed by atoms with Gasteiger partial charge in [-0.05, 0) is 42.2 Å². The van der Waals surface area contributed by atoms with E-state index in [1.54, 1.807) is 10.7 Å². The number of aromatic nitrogens is 2. The van der Waals surface area contributed by atoms with Gasteiger partial charge in [0.15, 0.2) is 0 Å². The second-order valence-electron chi connectivity index (χ2n) is 7.25. The van der Waals surface area contributed by atoms with Gasteiger partial charge in [0.05, 0.1) is 12.1 Å². The Kier molecular flexibility index (Phi) is 5.59. The Bertz CT molecular complexity index is 1120. The fourth-order valence-corrected chi connectivity index (χ4v) is 4.03. The van der Waals surface area contributed by atoms with E-state index in [0.29, 0.717) is 17.3 Å². The maximum atomic E-state index is 12.7. The van der Waals surface area contributed by atoms with E-state index < -0.39 is 6.04 Å². The normalized spacial score (nSPS) is 15.0. The van der Waals surface area contributed by atoms with Crippen molar-refractivity contribution in [2.24, 2.45) is 0 Å². The van der Waals surface area contributed by atoms with Crippen molar-refractivity contribution in [2.45, 2.75) is 39.2 Å². The van der Waals surface area contributed by atoms with Crippen LogP contribution in [0.5, 0.6) is 0 Å². The summed E-state index contributed by atoms with van der Waals surface area (Å²) in [4.78, 5) is 25.4. The van der Waals surface area contributed by atoms with Crippen molar-refractivity contribution in [3.8, 4) is 11.1 Å². The zero-order chi connectivity index (χ0) is 21.3. The maximum absolute atomic E-state index is 12.7. The molecule has 154 valence electrons. The third-order valence-electron chi connectivity index (χ3n) is 5.32. The minimum Gasteiger partial charge on any atom is -0.326 e. The number of nitrogens with one attached hydrogen (secondary N) is 2. The van der Waals surface area contributed by atoms with E-state index >= 15 is 0 Å². The Balaban J connectivity index is 1.62. The van der Waals surface area contributed by atoms with Crippen molar-refractivity contribution >= 4 is 34.9 Å². The molecule has 1 unspecified atom stereocenters. The van der Waals surface area contributed by atoms with E-state index in [1.807, 2.05) is 56.3 Å². The van der Waals surface area contributed by atoms with Gasteiger partial charge in [-0.3, -0.25) is 9.59 Å². The molecule has 0 spiro atoms. The van der Waals surface area contributed by atoms with Gasteiger partial charge in [-0.15, -0.1) is 0 Å². The molecule has 0 aliphatic carbocycles. The lowest BCUT2D eigenvalue weighted by atomic mass is 10.0. The second-order valence-corrected chi connectivity index (χ2v) is 7.68. The predicted octanol–water partition coefficient (Wildman–Crippen LogP) is 4.85. The first-order valence-corrected chi connectivity index (χ1v) is 10.5. The van der Waals surface area contributed by atoms with Crippen LogP contribution in [-0.2, 0) is 22.4 Å². The van der Waals surface area contributed by atoms with Crippen molar-refractivity contribution in [1.82, 2.24) is 9.78 Å². The number of anilines is 2. The van der Waals surface area contributed by atoms with Crippen LogP contribution in [0.2, 0.25) is 5.02 Å². The average molecular weight is 423 g/mol. The molecule has 0 saturated heterocycles. The third-order valence-corrected chi connectivity index (χ3v) is 5.56. The van der Waals surface area contributed by atoms with Gasteiger partial charge in [-0.25, -0.2) is 4.68 Å². The first-order chi connectivity index (χ1) is 14.5. The van der Waals surface area contributed by atoms with E-state index in [-0.39, 0.29) is 18.2 Å². The molecule has 1 atom stereocenters. The zero-order valence-electron chi connectivity index (χ0n) is 16.9. The molecule has 30 heavy (non-hydrogen) atoms. The highest BCUT2D eigenvalue weighted by molar-refractivity contribution is 6.30. The molecule has 2 aromatic carbocycles. The van der Waals surface area contributed by atoms with Gasteiger partial charge in [0, 0.05) is 16.3 Å². The molecule has 3 aromatic rings. The summed E-state index contributed by atoms with van der Waals surface area (Å²) < 4.78 is 1.64. The molecule has 2 N–H and O–H groups in total. The third kappa shape index (κ3) is 3.71. The van der Waals surface area contributed by atoms with Crippen LogP contribution in [0, 0.1) is 0 Å². The quantitative estimate of drug-likeness (QED) is 0.596. The van der Waals surface area contributed by atoms with E-state index in [1.165, 1.54) is 0 Å². The van der Waals surface area contributed by atoms with E-state index in [0.717, 1.165) is 34.5 Å². The molecule has 0 fully saturated rings. The van der Waals surface area contributed by atoms with Gasteiger partial charge < -0.3 is 10.6 Å². The van der Waals surface area contributed by atoms with Crippen LogP contribution in [0.4, 0.5) is 11.5 Å². The molecule has 0 radical (unpaired) electrons. The first kappa shape index (κ1) is 20.2. The number of nitrogens with zero attached hydrogens (tertiary/aromatic N) is 2. The fourth-order valence-electron chi connectivity index (χ4n) is 3.84. The van der Waals surface area contributed by atoms with Crippen molar-refractivity contribution in [3.05, 3.63) is 64.8 Å². The summed E-state index contributed by atoms with van der Waals surface area (Å²) in [5.41, 5.74) is 4.43. The minimum atomic E-state index is -0.688. The van der Waals surface area contributed by atoms with E-state index in [4.69, 9.17) is 11.6 Å². The summed E-state index contributed by atoms with van der Waals surface area (Å²) in [5.74, 6) is 0.162. The van der Waals surface area contributed by atoms with Crippen LogP contribution in [0.3, 0.4) is 0 Å². The van der Waals surface area contributed by atoms with Crippen LogP contribution in [0.15, 0.2) is 48.5 Å². The van der Waals surface area contributed by atoms with Crippen LogP contribution >= 0.6 is 11.6 Å². The molecule has 2 amide bonds. The van der Waals surface area contributed by atoms with E-state index in [2.05, 4.69) is 15.7 Å². The molecule has 1 aliphatic heterocycles. The standard InChI is InChI=1S/C23H23ClN4O2/c1-3-14-8-5-6-11-18(14)25-20(29)13-19-23(30)26-22-21(17(4-2)27-28(19)22)15-9-7-10-16(24)12-15/h5-12,19H,3-4,13H2,1-2H3,(H,25,29)(H,26,30). The average Bonchev–Trinajstić information content (AvgIpc) is 3.23. The van der Waals surface area contributed by atoms with Gasteiger partial charge in [0.1, 0.15) is 11.9 Å². The van der Waals surface area contributed by atoms with Crippen molar-refractivity contribution < 1.29 is 9.59 Å². The summed E-state index contributed by atoms with van der Waals surface area (Å²) in [6, 6.07) is 14.5. The maximum Gasteiger partial charge on any atom is 0.251 e. The first-order valence-electron chi connectivity index (χ1n) is 10.1. The summed E-state index contributed by atoms with van der Waals surface area (Å²) in [5, 5.41) is 11.1. The molecule has 7 heteroatoms. The summed E-state index contributed by atoms with van der Waals surface area (Å²) in [7, 11) is 0. The van der Waals surface area contributed by atoms with Crippen LogP contribution in [0.25, 0.3) is 11.1 Å². The molecule has 4 rings (SSSR count). The summed E-state index contributed by atoms with van der Waals surface area (Å²) in [6.45, 7) is 4.05. The second kappa shape index (κ2) is 8.32. The number of carbonyl (C=O) groups excluding carboxylic acids is 2. The van der Waals surface area contributed by atoms with Crippen LogP contribution < -0.4 is 10.6 Å². The molecule has 1 aliphatic rings. The lowest BCUT2D eigenvalue weighted by Gasteiger charge is -2.12. The number of hydrogen-bond donors (Lipinski definition) is 2. The number of benzene rings is 2. The summed E-state index contributed by atoms with van der Waals surface area (Å²) >= 11 is 6.17. The Hall–Kier alpha value is -3.12. The zero-order valence-corrected chi connectivity index (χ0v) is 17.7. The highest BCUT2D eigenvalue weighted by Crippen LogP contribution is 2.39. The minimum absolute atomic E-state index is 0.0106. The molecule has 0 bridgehead atoms. The Morgan fingerprint density at radius 1 is 1.17 bits per heavy atom. The van der Waals surface area contributed by atoms with Crippen LogP contribution in [0.1, 0.15) is 37.6 Å². The van der Waals surface area contributed by atoms with Gasteiger partial charge in [0.25, 0.3) is 5.91 Å². The van der Waals surface area contributed by atoms with Gasteiger partial charge in [-0.1, -0.05) is 55.8 Å². The highest BCUT2D eigenvalue weighted by atomic mass is 35.5. The number of rotatable bonds is 6. The summed E-state index contributed by atoms with van der Waals surface area (Å²) in [6.07, 6.45) is 1.52. The lowest BCUT2D eigenvalue weighted by molar-refractivity contribution is -0.123.